The number of amides is 1. The largest absolute Gasteiger partial charge is 0.271 e. The Labute approximate surface area is 164 Å². The summed E-state index contributed by atoms with van der Waals surface area (Å²) in [5.41, 5.74) is 6.26. The zero-order valence-corrected chi connectivity index (χ0v) is 15.4. The van der Waals surface area contributed by atoms with Gasteiger partial charge in [0.2, 0.25) is 0 Å². The van der Waals surface area contributed by atoms with Crippen LogP contribution in [-0.4, -0.2) is 11.6 Å². The van der Waals surface area contributed by atoms with Crippen LogP contribution in [0.3, 0.4) is 0 Å². The molecule has 0 aliphatic carbocycles. The molecule has 4 aromatic carbocycles. The Hall–Kier alpha value is -3.72. The third-order valence-corrected chi connectivity index (χ3v) is 4.63. The first-order valence-corrected chi connectivity index (χ1v) is 9.25. The number of carbonyl (C=O) groups is 1. The van der Waals surface area contributed by atoms with Gasteiger partial charge in [-0.15, -0.1) is 0 Å². The lowest BCUT2D eigenvalue weighted by Gasteiger charge is -2.09. The molecule has 0 atom stereocenters. The fourth-order valence-corrected chi connectivity index (χ4v) is 3.14. The van der Waals surface area contributed by atoms with Crippen LogP contribution in [0, 0.1) is 0 Å². The molecular formula is C25H20N2O. The van der Waals surface area contributed by atoms with Gasteiger partial charge in [-0.05, 0) is 40.1 Å². The summed E-state index contributed by atoms with van der Waals surface area (Å²) < 4.78 is 0. The molecule has 28 heavy (non-hydrogen) atoms. The van der Waals surface area contributed by atoms with E-state index in [9.17, 15) is 4.79 Å². The number of nitrogens with zero attached hydrogens (tertiary/aromatic N) is 1. The third-order valence-electron chi connectivity index (χ3n) is 4.63. The number of rotatable bonds is 5. The monoisotopic (exact) mass is 364 g/mol. The zero-order valence-electron chi connectivity index (χ0n) is 15.4. The summed E-state index contributed by atoms with van der Waals surface area (Å²) in [6.45, 7) is 0. The van der Waals surface area contributed by atoms with Gasteiger partial charge in [0.1, 0.15) is 0 Å². The summed E-state index contributed by atoms with van der Waals surface area (Å²) in [6.07, 6.45) is 0.633. The lowest BCUT2D eigenvalue weighted by molar-refractivity contribution is 0.0955. The summed E-state index contributed by atoms with van der Waals surface area (Å²) >= 11 is 0. The van der Waals surface area contributed by atoms with Gasteiger partial charge in [0.15, 0.2) is 0 Å². The molecule has 0 saturated heterocycles. The Balaban J connectivity index is 1.67. The molecule has 1 N–H and O–H groups in total. The summed E-state index contributed by atoms with van der Waals surface area (Å²) in [6, 6.07) is 33.7. The molecule has 0 aliphatic heterocycles. The topological polar surface area (TPSA) is 41.5 Å². The predicted octanol–water partition coefficient (Wildman–Crippen LogP) is 5.22. The molecule has 0 aliphatic rings. The molecular weight excluding hydrogens is 344 g/mol. The van der Waals surface area contributed by atoms with Gasteiger partial charge in [0, 0.05) is 12.0 Å². The van der Waals surface area contributed by atoms with Gasteiger partial charge >= 0.3 is 0 Å². The van der Waals surface area contributed by atoms with Crippen LogP contribution in [0.15, 0.2) is 108 Å². The van der Waals surface area contributed by atoms with Crippen molar-refractivity contribution in [3.05, 3.63) is 120 Å². The fraction of sp³-hybridized carbons (Fsp3) is 0.0400. The van der Waals surface area contributed by atoms with E-state index in [-0.39, 0.29) is 5.91 Å². The minimum atomic E-state index is -0.216. The van der Waals surface area contributed by atoms with Crippen molar-refractivity contribution in [2.24, 2.45) is 5.10 Å². The van der Waals surface area contributed by atoms with Crippen LogP contribution in [0.1, 0.15) is 21.5 Å². The lowest BCUT2D eigenvalue weighted by atomic mass is 9.99. The Morgan fingerprint density at radius 1 is 0.679 bits per heavy atom. The number of carbonyl (C=O) groups excluding carboxylic acids is 1. The highest BCUT2D eigenvalue weighted by atomic mass is 16.2. The van der Waals surface area contributed by atoms with Crippen LogP contribution < -0.4 is 5.43 Å². The molecule has 0 saturated carbocycles. The summed E-state index contributed by atoms with van der Waals surface area (Å²) in [7, 11) is 0. The van der Waals surface area contributed by atoms with Crippen molar-refractivity contribution in [3.8, 4) is 0 Å². The summed E-state index contributed by atoms with van der Waals surface area (Å²) in [5, 5.41) is 6.82. The van der Waals surface area contributed by atoms with Crippen molar-refractivity contribution >= 4 is 22.4 Å². The van der Waals surface area contributed by atoms with E-state index < -0.39 is 0 Å². The number of hydrogen-bond acceptors (Lipinski definition) is 2. The molecule has 0 aromatic heterocycles. The Kier molecular flexibility index (Phi) is 5.25. The molecule has 4 aromatic rings. The molecule has 1 amide bonds. The van der Waals surface area contributed by atoms with E-state index in [0.29, 0.717) is 12.0 Å². The van der Waals surface area contributed by atoms with Crippen LogP contribution in [0.2, 0.25) is 0 Å². The highest BCUT2D eigenvalue weighted by molar-refractivity contribution is 6.05. The Bertz CT molecular complexity index is 1120. The molecule has 3 nitrogen and oxygen atoms in total. The molecule has 4 rings (SSSR count). The maximum absolute atomic E-state index is 12.4. The van der Waals surface area contributed by atoms with Gasteiger partial charge in [-0.3, -0.25) is 4.79 Å². The predicted molar refractivity (Wildman–Crippen MR) is 115 cm³/mol. The van der Waals surface area contributed by atoms with E-state index in [2.05, 4.69) is 53.0 Å². The van der Waals surface area contributed by atoms with Gasteiger partial charge < -0.3 is 0 Å². The second-order valence-corrected chi connectivity index (χ2v) is 6.59. The SMILES string of the molecule is O=C(N/N=C(\Cc1ccccc1)c1ccc2ccccc2c1)c1ccccc1. The van der Waals surface area contributed by atoms with Crippen molar-refractivity contribution in [2.45, 2.75) is 6.42 Å². The number of benzene rings is 4. The minimum Gasteiger partial charge on any atom is -0.267 e. The molecule has 136 valence electrons. The standard InChI is InChI=1S/C25H20N2O/c28-25(21-12-5-2-6-13-21)27-26-24(17-19-9-3-1-4-10-19)23-16-15-20-11-7-8-14-22(20)18-23/h1-16,18H,17H2,(H,27,28)/b26-24+. The average Bonchev–Trinajstić information content (AvgIpc) is 2.77. The first kappa shape index (κ1) is 17.7. The Morgan fingerprint density at radius 2 is 1.32 bits per heavy atom. The molecule has 0 spiro atoms. The smallest absolute Gasteiger partial charge is 0.267 e. The molecule has 0 unspecified atom stereocenters. The number of fused-ring (bicyclic) bond motifs is 1. The minimum absolute atomic E-state index is 0.216. The van der Waals surface area contributed by atoms with E-state index in [1.165, 1.54) is 5.39 Å². The molecule has 0 radical (unpaired) electrons. The lowest BCUT2D eigenvalue weighted by Crippen LogP contribution is -2.21. The van der Waals surface area contributed by atoms with Crippen LogP contribution in [0.25, 0.3) is 10.8 Å². The Morgan fingerprint density at radius 3 is 2.07 bits per heavy atom. The van der Waals surface area contributed by atoms with Crippen molar-refractivity contribution < 1.29 is 4.79 Å². The quantitative estimate of drug-likeness (QED) is 0.383. The van der Waals surface area contributed by atoms with Gasteiger partial charge in [-0.2, -0.15) is 5.10 Å². The molecule has 0 bridgehead atoms. The fourth-order valence-electron chi connectivity index (χ4n) is 3.14. The van der Waals surface area contributed by atoms with Crippen LogP contribution in [0.4, 0.5) is 0 Å². The van der Waals surface area contributed by atoms with Gasteiger partial charge in [-0.1, -0.05) is 84.9 Å². The van der Waals surface area contributed by atoms with Crippen molar-refractivity contribution in [1.29, 1.82) is 0 Å². The zero-order chi connectivity index (χ0) is 19.2. The maximum Gasteiger partial charge on any atom is 0.271 e. The first-order valence-electron chi connectivity index (χ1n) is 9.25. The average molecular weight is 364 g/mol. The van der Waals surface area contributed by atoms with Crippen LogP contribution >= 0.6 is 0 Å². The second kappa shape index (κ2) is 8.31. The second-order valence-electron chi connectivity index (χ2n) is 6.59. The normalized spacial score (nSPS) is 11.4. The number of hydrogen-bond donors (Lipinski definition) is 1. The van der Waals surface area contributed by atoms with E-state index in [4.69, 9.17) is 0 Å². The van der Waals surface area contributed by atoms with E-state index in [0.717, 1.165) is 22.2 Å². The number of hydrazone groups is 1. The van der Waals surface area contributed by atoms with Gasteiger partial charge in [0.05, 0.1) is 5.71 Å². The molecule has 3 heteroatoms. The highest BCUT2D eigenvalue weighted by Crippen LogP contribution is 2.18. The summed E-state index contributed by atoms with van der Waals surface area (Å²) in [4.78, 5) is 12.4. The first-order chi connectivity index (χ1) is 13.8. The van der Waals surface area contributed by atoms with E-state index in [1.54, 1.807) is 12.1 Å². The van der Waals surface area contributed by atoms with Crippen molar-refractivity contribution in [2.75, 3.05) is 0 Å². The van der Waals surface area contributed by atoms with Gasteiger partial charge in [-0.25, -0.2) is 5.43 Å². The maximum atomic E-state index is 12.4. The molecule has 0 heterocycles. The third kappa shape index (κ3) is 4.15. The number of nitrogens with one attached hydrogen (secondary N) is 1. The van der Waals surface area contributed by atoms with Crippen LogP contribution in [0.5, 0.6) is 0 Å². The van der Waals surface area contributed by atoms with Crippen LogP contribution in [-0.2, 0) is 6.42 Å². The highest BCUT2D eigenvalue weighted by Gasteiger charge is 2.09. The molecule has 0 fully saturated rings. The van der Waals surface area contributed by atoms with Crippen molar-refractivity contribution in [1.82, 2.24) is 5.43 Å². The van der Waals surface area contributed by atoms with Gasteiger partial charge in [0.25, 0.3) is 5.91 Å². The van der Waals surface area contributed by atoms with Crippen molar-refractivity contribution in [3.63, 3.8) is 0 Å². The van der Waals surface area contributed by atoms with E-state index >= 15 is 0 Å². The van der Waals surface area contributed by atoms with E-state index in [1.807, 2.05) is 48.5 Å². The summed E-state index contributed by atoms with van der Waals surface area (Å²) in [5.74, 6) is -0.216.